The number of furan rings is 1. The zero-order chi connectivity index (χ0) is 12.7. The van der Waals surface area contributed by atoms with Gasteiger partial charge in [-0.1, -0.05) is 12.1 Å². The van der Waals surface area contributed by atoms with Gasteiger partial charge in [-0.25, -0.2) is 0 Å². The molecule has 2 aromatic heterocycles. The van der Waals surface area contributed by atoms with Gasteiger partial charge in [-0.05, 0) is 42.8 Å². The van der Waals surface area contributed by atoms with Crippen LogP contribution in [-0.4, -0.2) is 5.78 Å². The van der Waals surface area contributed by atoms with Crippen molar-refractivity contribution in [2.75, 3.05) is 0 Å². The summed E-state index contributed by atoms with van der Waals surface area (Å²) >= 11 is 1.60. The maximum absolute atomic E-state index is 12.5. The highest BCUT2D eigenvalue weighted by Gasteiger charge is 2.18. The number of thiophene rings is 1. The molecule has 3 heteroatoms. The lowest BCUT2D eigenvalue weighted by molar-refractivity contribution is 0.103. The summed E-state index contributed by atoms with van der Waals surface area (Å²) in [6.45, 7) is 3.68. The second kappa shape index (κ2) is 4.10. The van der Waals surface area contributed by atoms with Gasteiger partial charge in [-0.3, -0.25) is 4.79 Å². The molecule has 2 heterocycles. The SMILES string of the molecule is Cc1cc(C(=O)c2cccc3ccsc23)c(C)o1. The fourth-order valence-electron chi connectivity index (χ4n) is 2.17. The van der Waals surface area contributed by atoms with E-state index in [-0.39, 0.29) is 5.78 Å². The van der Waals surface area contributed by atoms with Crippen LogP contribution in [0.25, 0.3) is 10.1 Å². The first-order valence-electron chi connectivity index (χ1n) is 5.75. The Labute approximate surface area is 109 Å². The van der Waals surface area contributed by atoms with E-state index in [4.69, 9.17) is 4.42 Å². The Morgan fingerprint density at radius 3 is 2.72 bits per heavy atom. The average molecular weight is 256 g/mol. The fourth-order valence-corrected chi connectivity index (χ4v) is 3.08. The molecule has 0 saturated carbocycles. The van der Waals surface area contributed by atoms with Crippen molar-refractivity contribution in [3.63, 3.8) is 0 Å². The highest BCUT2D eigenvalue weighted by atomic mass is 32.1. The Bertz CT molecular complexity index is 734. The summed E-state index contributed by atoms with van der Waals surface area (Å²) in [7, 11) is 0. The summed E-state index contributed by atoms with van der Waals surface area (Å²) in [6, 6.07) is 9.66. The minimum atomic E-state index is 0.0393. The van der Waals surface area contributed by atoms with Crippen LogP contribution in [0.2, 0.25) is 0 Å². The van der Waals surface area contributed by atoms with Crippen LogP contribution in [-0.2, 0) is 0 Å². The number of benzene rings is 1. The van der Waals surface area contributed by atoms with Crippen molar-refractivity contribution in [1.82, 2.24) is 0 Å². The number of carbonyl (C=O) groups excluding carboxylic acids is 1. The molecule has 0 aliphatic heterocycles. The summed E-state index contributed by atoms with van der Waals surface area (Å²) in [5.74, 6) is 1.50. The topological polar surface area (TPSA) is 30.2 Å². The first kappa shape index (κ1) is 11.2. The molecule has 90 valence electrons. The van der Waals surface area contributed by atoms with E-state index in [1.807, 2.05) is 49.6 Å². The lowest BCUT2D eigenvalue weighted by atomic mass is 10.0. The van der Waals surface area contributed by atoms with Crippen LogP contribution >= 0.6 is 11.3 Å². The Kier molecular flexibility index (Phi) is 2.56. The van der Waals surface area contributed by atoms with Gasteiger partial charge in [0.25, 0.3) is 0 Å². The summed E-state index contributed by atoms with van der Waals surface area (Å²) in [4.78, 5) is 12.5. The van der Waals surface area contributed by atoms with E-state index in [1.165, 1.54) is 0 Å². The van der Waals surface area contributed by atoms with Gasteiger partial charge >= 0.3 is 0 Å². The van der Waals surface area contributed by atoms with Crippen molar-refractivity contribution in [3.8, 4) is 0 Å². The molecule has 1 aromatic carbocycles. The van der Waals surface area contributed by atoms with Gasteiger partial charge in [0.15, 0.2) is 5.78 Å². The lowest BCUT2D eigenvalue weighted by Crippen LogP contribution is -2.01. The monoisotopic (exact) mass is 256 g/mol. The standard InChI is InChI=1S/C15H12O2S/c1-9-8-13(10(2)17-9)14(16)12-5-3-4-11-6-7-18-15(11)12/h3-8H,1-2H3. The van der Waals surface area contributed by atoms with E-state index >= 15 is 0 Å². The van der Waals surface area contributed by atoms with Crippen LogP contribution in [0, 0.1) is 13.8 Å². The van der Waals surface area contributed by atoms with Gasteiger partial charge in [0.2, 0.25) is 0 Å². The molecule has 2 nitrogen and oxygen atoms in total. The van der Waals surface area contributed by atoms with Gasteiger partial charge in [-0.2, -0.15) is 0 Å². The maximum Gasteiger partial charge on any atom is 0.197 e. The quantitative estimate of drug-likeness (QED) is 0.638. The third kappa shape index (κ3) is 1.68. The molecule has 0 radical (unpaired) electrons. The van der Waals surface area contributed by atoms with Crippen LogP contribution in [0.15, 0.2) is 40.1 Å². The van der Waals surface area contributed by atoms with Gasteiger partial charge in [0.05, 0.1) is 5.56 Å². The van der Waals surface area contributed by atoms with E-state index in [1.54, 1.807) is 11.3 Å². The number of fused-ring (bicyclic) bond motifs is 1. The normalized spacial score (nSPS) is 11.0. The second-order valence-electron chi connectivity index (χ2n) is 4.30. The number of hydrogen-bond acceptors (Lipinski definition) is 3. The Morgan fingerprint density at radius 2 is 2.00 bits per heavy atom. The highest BCUT2D eigenvalue weighted by Crippen LogP contribution is 2.28. The number of rotatable bonds is 2. The van der Waals surface area contributed by atoms with Crippen molar-refractivity contribution in [1.29, 1.82) is 0 Å². The second-order valence-corrected chi connectivity index (χ2v) is 5.22. The lowest BCUT2D eigenvalue weighted by Gasteiger charge is -2.01. The first-order chi connectivity index (χ1) is 8.66. The molecule has 18 heavy (non-hydrogen) atoms. The van der Waals surface area contributed by atoms with E-state index in [9.17, 15) is 4.79 Å². The minimum absolute atomic E-state index is 0.0393. The van der Waals surface area contributed by atoms with Crippen LogP contribution in [0.4, 0.5) is 0 Å². The van der Waals surface area contributed by atoms with Crippen LogP contribution in [0.1, 0.15) is 27.4 Å². The molecule has 0 saturated heterocycles. The third-order valence-electron chi connectivity index (χ3n) is 3.01. The molecule has 0 amide bonds. The Hall–Kier alpha value is -1.87. The third-order valence-corrected chi connectivity index (χ3v) is 3.97. The molecule has 0 atom stereocenters. The highest BCUT2D eigenvalue weighted by molar-refractivity contribution is 7.17. The average Bonchev–Trinajstić information content (AvgIpc) is 2.94. The van der Waals surface area contributed by atoms with Gasteiger partial charge < -0.3 is 4.42 Å². The molecule has 0 bridgehead atoms. The molecule has 0 fully saturated rings. The van der Waals surface area contributed by atoms with Gasteiger partial charge in [-0.15, -0.1) is 11.3 Å². The predicted molar refractivity (Wildman–Crippen MR) is 73.4 cm³/mol. The Balaban J connectivity index is 2.18. The van der Waals surface area contributed by atoms with Crippen molar-refractivity contribution >= 4 is 27.2 Å². The number of aryl methyl sites for hydroxylation is 2. The number of hydrogen-bond donors (Lipinski definition) is 0. The van der Waals surface area contributed by atoms with Crippen LogP contribution in [0.3, 0.4) is 0 Å². The van der Waals surface area contributed by atoms with E-state index < -0.39 is 0 Å². The number of carbonyl (C=O) groups is 1. The zero-order valence-corrected chi connectivity index (χ0v) is 11.0. The molecule has 3 rings (SSSR count). The van der Waals surface area contributed by atoms with E-state index in [0.29, 0.717) is 11.3 Å². The molecule has 3 aromatic rings. The van der Waals surface area contributed by atoms with Crippen LogP contribution in [0.5, 0.6) is 0 Å². The molecular weight excluding hydrogens is 244 g/mol. The van der Waals surface area contributed by atoms with Crippen molar-refractivity contribution < 1.29 is 9.21 Å². The van der Waals surface area contributed by atoms with E-state index in [2.05, 4.69) is 0 Å². The molecule has 0 aliphatic carbocycles. The van der Waals surface area contributed by atoms with Crippen molar-refractivity contribution in [2.45, 2.75) is 13.8 Å². The van der Waals surface area contributed by atoms with Gasteiger partial charge in [0.1, 0.15) is 11.5 Å². The Morgan fingerprint density at radius 1 is 1.17 bits per heavy atom. The zero-order valence-electron chi connectivity index (χ0n) is 10.2. The fraction of sp³-hybridized carbons (Fsp3) is 0.133. The number of ketones is 1. The molecule has 0 spiro atoms. The summed E-state index contributed by atoms with van der Waals surface area (Å²) in [5.41, 5.74) is 1.42. The minimum Gasteiger partial charge on any atom is -0.466 e. The summed E-state index contributed by atoms with van der Waals surface area (Å²) in [6.07, 6.45) is 0. The predicted octanol–water partition coefficient (Wildman–Crippen LogP) is 4.34. The molecular formula is C15H12O2S. The summed E-state index contributed by atoms with van der Waals surface area (Å²) in [5, 5.41) is 3.12. The molecule has 0 aliphatic rings. The van der Waals surface area contributed by atoms with Crippen molar-refractivity contribution in [3.05, 3.63) is 58.4 Å². The smallest absolute Gasteiger partial charge is 0.197 e. The molecule has 0 N–H and O–H groups in total. The first-order valence-corrected chi connectivity index (χ1v) is 6.63. The largest absolute Gasteiger partial charge is 0.466 e. The summed E-state index contributed by atoms with van der Waals surface area (Å²) < 4.78 is 6.48. The maximum atomic E-state index is 12.5. The van der Waals surface area contributed by atoms with Crippen LogP contribution < -0.4 is 0 Å². The van der Waals surface area contributed by atoms with Crippen molar-refractivity contribution in [2.24, 2.45) is 0 Å². The molecule has 0 unspecified atom stereocenters. The van der Waals surface area contributed by atoms with Gasteiger partial charge in [0, 0.05) is 10.3 Å². The van der Waals surface area contributed by atoms with E-state index in [0.717, 1.165) is 21.4 Å².